The second-order valence-corrected chi connectivity index (χ2v) is 7.97. The highest BCUT2D eigenvalue weighted by Crippen LogP contribution is 2.29. The van der Waals surface area contributed by atoms with Crippen molar-refractivity contribution in [1.82, 2.24) is 14.8 Å². The topological polar surface area (TPSA) is 68.7 Å². The van der Waals surface area contributed by atoms with Crippen LogP contribution in [0.25, 0.3) is 5.57 Å². The van der Waals surface area contributed by atoms with Crippen LogP contribution in [0.15, 0.2) is 42.6 Å². The van der Waals surface area contributed by atoms with Crippen LogP contribution in [0.4, 0.5) is 14.9 Å². The molecule has 0 radical (unpaired) electrons. The number of amides is 2. The maximum Gasteiger partial charge on any atom is 0.322 e. The molecular formula is C22H26ClFN4O2. The molecule has 1 aliphatic rings. The van der Waals surface area contributed by atoms with Gasteiger partial charge in [0.25, 0.3) is 0 Å². The number of halogens is 2. The van der Waals surface area contributed by atoms with Crippen molar-refractivity contribution < 1.29 is 14.3 Å². The Morgan fingerprint density at radius 3 is 2.67 bits per heavy atom. The number of alkyl halides is 1. The zero-order valence-electron chi connectivity index (χ0n) is 17.1. The van der Waals surface area contributed by atoms with Gasteiger partial charge in [-0.05, 0) is 49.9 Å². The van der Waals surface area contributed by atoms with Crippen LogP contribution in [0.1, 0.15) is 29.3 Å². The van der Waals surface area contributed by atoms with Gasteiger partial charge in [0.2, 0.25) is 0 Å². The molecule has 2 aromatic rings. The number of anilines is 1. The average Bonchev–Trinajstić information content (AvgIpc) is 2.74. The first kappa shape index (κ1) is 22.2. The minimum atomic E-state index is -0.655. The van der Waals surface area contributed by atoms with Crippen molar-refractivity contribution in [3.8, 4) is 0 Å². The zero-order chi connectivity index (χ0) is 21.7. The van der Waals surface area contributed by atoms with Crippen molar-refractivity contribution in [2.75, 3.05) is 39.0 Å². The van der Waals surface area contributed by atoms with Gasteiger partial charge in [-0.25, -0.2) is 9.18 Å². The summed E-state index contributed by atoms with van der Waals surface area (Å²) in [6.07, 6.45) is 3.56. The Morgan fingerprint density at radius 1 is 1.37 bits per heavy atom. The number of hydrogen-bond acceptors (Lipinski definition) is 4. The highest BCUT2D eigenvalue weighted by atomic mass is 35.5. The van der Waals surface area contributed by atoms with E-state index in [0.29, 0.717) is 53.6 Å². The Hall–Kier alpha value is -2.48. The maximum absolute atomic E-state index is 12.6. The van der Waals surface area contributed by atoms with Gasteiger partial charge >= 0.3 is 6.03 Å². The Kier molecular flexibility index (Phi) is 7.42. The van der Waals surface area contributed by atoms with E-state index in [1.54, 1.807) is 41.4 Å². The molecule has 6 nitrogen and oxygen atoms in total. The lowest BCUT2D eigenvalue weighted by Gasteiger charge is -2.27. The number of aliphatic hydroxyl groups excluding tert-OH is 1. The van der Waals surface area contributed by atoms with Gasteiger partial charge in [0, 0.05) is 37.1 Å². The highest BCUT2D eigenvalue weighted by Gasteiger charge is 2.21. The van der Waals surface area contributed by atoms with Gasteiger partial charge in [0.1, 0.15) is 6.67 Å². The summed E-state index contributed by atoms with van der Waals surface area (Å²) in [5.74, 6) is 0. The van der Waals surface area contributed by atoms with E-state index in [0.717, 1.165) is 5.57 Å². The monoisotopic (exact) mass is 432 g/mol. The fourth-order valence-corrected chi connectivity index (χ4v) is 3.57. The predicted octanol–water partition coefficient (Wildman–Crippen LogP) is 4.12. The lowest BCUT2D eigenvalue weighted by Crippen LogP contribution is -2.38. The molecule has 8 heteroatoms. The van der Waals surface area contributed by atoms with Crippen molar-refractivity contribution in [3.05, 3.63) is 64.4 Å². The van der Waals surface area contributed by atoms with E-state index in [1.165, 1.54) is 0 Å². The van der Waals surface area contributed by atoms with Crippen molar-refractivity contribution in [3.63, 3.8) is 0 Å². The predicted molar refractivity (Wildman–Crippen MR) is 117 cm³/mol. The third-order valence-corrected chi connectivity index (χ3v) is 5.23. The largest absolute Gasteiger partial charge is 0.387 e. The van der Waals surface area contributed by atoms with Crippen LogP contribution < -0.4 is 5.32 Å². The molecule has 0 spiro atoms. The molecule has 0 unspecified atom stereocenters. The number of urea groups is 1. The molecule has 2 amide bonds. The molecule has 0 fully saturated rings. The minimum Gasteiger partial charge on any atom is -0.387 e. The summed E-state index contributed by atoms with van der Waals surface area (Å²) >= 11 is 6.43. The van der Waals surface area contributed by atoms with Gasteiger partial charge in [0.15, 0.2) is 0 Å². The quantitative estimate of drug-likeness (QED) is 0.720. The first-order chi connectivity index (χ1) is 14.4. The van der Waals surface area contributed by atoms with Crippen molar-refractivity contribution in [1.29, 1.82) is 0 Å². The summed E-state index contributed by atoms with van der Waals surface area (Å²) in [6, 6.07) is 8.22. The molecule has 2 heterocycles. The number of carbonyl (C=O) groups excluding carboxylic acids is 1. The molecule has 30 heavy (non-hydrogen) atoms. The number of benzene rings is 1. The lowest BCUT2D eigenvalue weighted by molar-refractivity contribution is 0.138. The fourth-order valence-electron chi connectivity index (χ4n) is 3.27. The number of hydrogen-bond donors (Lipinski definition) is 2. The molecule has 1 atom stereocenters. The number of nitrogens with zero attached hydrogens (tertiary/aromatic N) is 3. The standard InChI is InChI=1S/C22H26ClFN4O2/c1-27(2)14-20(29)17-11-19(23)21(25-13-17)16-7-9-28(10-8-16)22(30)26-18-5-3-15(12-24)4-6-18/h3-7,11,13,20,29H,8-10,12,14H2,1-2H3,(H,26,30)/t20-/m1/s1. The maximum atomic E-state index is 12.6. The smallest absolute Gasteiger partial charge is 0.322 e. The molecule has 3 rings (SSSR count). The van der Waals surface area contributed by atoms with Gasteiger partial charge in [-0.1, -0.05) is 29.8 Å². The van der Waals surface area contributed by atoms with Gasteiger partial charge in [0.05, 0.1) is 16.8 Å². The van der Waals surface area contributed by atoms with E-state index in [1.807, 2.05) is 25.1 Å². The van der Waals surface area contributed by atoms with Gasteiger partial charge < -0.3 is 20.2 Å². The van der Waals surface area contributed by atoms with Gasteiger partial charge in [-0.2, -0.15) is 0 Å². The Balaban J connectivity index is 1.62. The molecule has 0 saturated heterocycles. The number of nitrogens with one attached hydrogen (secondary N) is 1. The number of aromatic nitrogens is 1. The van der Waals surface area contributed by atoms with Crippen LogP contribution in [0.5, 0.6) is 0 Å². The zero-order valence-corrected chi connectivity index (χ0v) is 17.9. The third kappa shape index (κ3) is 5.56. The molecule has 1 aliphatic heterocycles. The molecule has 1 aromatic heterocycles. The number of likely N-dealkylation sites (N-methyl/N-ethyl adjacent to an activating group) is 1. The van der Waals surface area contributed by atoms with E-state index in [4.69, 9.17) is 11.6 Å². The average molecular weight is 433 g/mol. The van der Waals surface area contributed by atoms with Crippen molar-refractivity contribution >= 4 is 28.9 Å². The summed E-state index contributed by atoms with van der Waals surface area (Å²) in [5, 5.41) is 13.6. The minimum absolute atomic E-state index is 0.209. The molecule has 160 valence electrons. The van der Waals surface area contributed by atoms with Crippen LogP contribution in [0.3, 0.4) is 0 Å². The van der Waals surface area contributed by atoms with E-state index >= 15 is 0 Å². The van der Waals surface area contributed by atoms with Crippen molar-refractivity contribution in [2.45, 2.75) is 19.2 Å². The van der Waals surface area contributed by atoms with E-state index in [9.17, 15) is 14.3 Å². The number of aliphatic hydroxyl groups is 1. The molecule has 2 N–H and O–H groups in total. The van der Waals surface area contributed by atoms with Gasteiger partial charge in [-0.15, -0.1) is 0 Å². The number of rotatable bonds is 6. The number of carbonyl (C=O) groups is 1. The van der Waals surface area contributed by atoms with Crippen LogP contribution in [-0.2, 0) is 6.67 Å². The van der Waals surface area contributed by atoms with Gasteiger partial charge in [-0.3, -0.25) is 4.98 Å². The molecule has 1 aromatic carbocycles. The molecule has 0 aliphatic carbocycles. The molecule has 0 bridgehead atoms. The number of pyridine rings is 1. The van der Waals surface area contributed by atoms with Crippen LogP contribution >= 0.6 is 11.6 Å². The first-order valence-corrected chi connectivity index (χ1v) is 10.1. The summed E-state index contributed by atoms with van der Waals surface area (Å²) in [5.41, 5.74) is 3.53. The molecule has 0 saturated carbocycles. The SMILES string of the molecule is CN(C)C[C@@H](O)c1cnc(C2=CCN(C(=O)Nc3ccc(CF)cc3)CC2)c(Cl)c1. The van der Waals surface area contributed by atoms with Crippen molar-refractivity contribution in [2.24, 2.45) is 0 Å². The first-order valence-electron chi connectivity index (χ1n) is 9.76. The normalized spacial score (nSPS) is 15.1. The summed E-state index contributed by atoms with van der Waals surface area (Å²) in [6.45, 7) is 0.927. The van der Waals surface area contributed by atoms with E-state index in [-0.39, 0.29) is 6.03 Å². The van der Waals surface area contributed by atoms with Crippen LogP contribution in [0.2, 0.25) is 5.02 Å². The second-order valence-electron chi connectivity index (χ2n) is 7.56. The van der Waals surface area contributed by atoms with Crippen LogP contribution in [-0.4, -0.2) is 59.7 Å². The van der Waals surface area contributed by atoms with Crippen LogP contribution in [0, 0.1) is 0 Å². The Labute approximate surface area is 181 Å². The summed E-state index contributed by atoms with van der Waals surface area (Å²) < 4.78 is 12.6. The fraction of sp³-hybridized carbons (Fsp3) is 0.364. The Morgan fingerprint density at radius 2 is 2.10 bits per heavy atom. The second kappa shape index (κ2) is 10.0. The highest BCUT2D eigenvalue weighted by molar-refractivity contribution is 6.32. The lowest BCUT2D eigenvalue weighted by atomic mass is 10.0. The molecular weight excluding hydrogens is 407 g/mol. The summed E-state index contributed by atoms with van der Waals surface area (Å²) in [7, 11) is 3.78. The Bertz CT molecular complexity index is 918. The third-order valence-electron chi connectivity index (χ3n) is 4.95. The van der Waals surface area contributed by atoms with E-state index < -0.39 is 12.8 Å². The van der Waals surface area contributed by atoms with E-state index in [2.05, 4.69) is 10.3 Å². The summed E-state index contributed by atoms with van der Waals surface area (Å²) in [4.78, 5) is 20.5.